The van der Waals surface area contributed by atoms with Crippen molar-refractivity contribution < 1.29 is 19.1 Å². The van der Waals surface area contributed by atoms with Crippen molar-refractivity contribution in [2.45, 2.75) is 5.16 Å². The molecule has 0 unspecified atom stereocenters. The minimum absolute atomic E-state index is 0.136. The lowest BCUT2D eigenvalue weighted by molar-refractivity contribution is -0.113. The number of esters is 1. The fraction of sp³-hybridized carbons (Fsp3) is 0.130. The molecule has 8 nitrogen and oxygen atoms in total. The first-order valence-electron chi connectivity index (χ1n) is 9.84. The highest BCUT2D eigenvalue weighted by Gasteiger charge is 2.18. The van der Waals surface area contributed by atoms with Crippen molar-refractivity contribution in [2.75, 3.05) is 25.3 Å². The third-order valence-electron chi connectivity index (χ3n) is 4.63. The lowest BCUT2D eigenvalue weighted by Crippen LogP contribution is -2.14. The SMILES string of the molecule is COC(=O)c1ccc(NC(=O)CSc2nnc(-c3cccs3)n2-c2ccc(OC)cc2)cc1. The maximum absolute atomic E-state index is 12.5. The second-order valence-corrected chi connectivity index (χ2v) is 8.61. The summed E-state index contributed by atoms with van der Waals surface area (Å²) in [5, 5.41) is 14.1. The van der Waals surface area contributed by atoms with Crippen molar-refractivity contribution in [1.29, 1.82) is 0 Å². The molecule has 0 aliphatic rings. The van der Waals surface area contributed by atoms with E-state index in [-0.39, 0.29) is 11.7 Å². The number of thiophene rings is 1. The van der Waals surface area contributed by atoms with E-state index in [9.17, 15) is 9.59 Å². The molecule has 10 heteroatoms. The molecule has 0 saturated carbocycles. The van der Waals surface area contributed by atoms with Crippen molar-refractivity contribution in [1.82, 2.24) is 14.8 Å². The van der Waals surface area contributed by atoms with Crippen LogP contribution in [-0.4, -0.2) is 46.6 Å². The number of carbonyl (C=O) groups is 2. The van der Waals surface area contributed by atoms with Gasteiger partial charge in [0, 0.05) is 5.69 Å². The van der Waals surface area contributed by atoms with Gasteiger partial charge >= 0.3 is 5.97 Å². The summed E-state index contributed by atoms with van der Waals surface area (Å²) < 4.78 is 11.9. The first-order chi connectivity index (χ1) is 16.1. The quantitative estimate of drug-likeness (QED) is 0.293. The Kier molecular flexibility index (Phi) is 7.06. The number of thioether (sulfide) groups is 1. The number of methoxy groups -OCH3 is 2. The number of amides is 1. The van der Waals surface area contributed by atoms with E-state index in [4.69, 9.17) is 4.74 Å². The predicted molar refractivity (Wildman–Crippen MR) is 128 cm³/mol. The molecule has 4 rings (SSSR count). The standard InChI is InChI=1S/C23H20N4O4S2/c1-30-18-11-9-17(10-12-18)27-21(19-4-3-13-32-19)25-26-23(27)33-14-20(28)24-16-7-5-15(6-8-16)22(29)31-2/h3-13H,14H2,1-2H3,(H,24,28). The maximum atomic E-state index is 12.5. The molecule has 2 heterocycles. The second kappa shape index (κ2) is 10.3. The van der Waals surface area contributed by atoms with Crippen LogP contribution in [0.5, 0.6) is 5.75 Å². The highest BCUT2D eigenvalue weighted by atomic mass is 32.2. The molecule has 0 aliphatic heterocycles. The van der Waals surface area contributed by atoms with Crippen molar-refractivity contribution in [3.05, 3.63) is 71.6 Å². The number of ether oxygens (including phenoxy) is 2. The molecule has 2 aromatic heterocycles. The van der Waals surface area contributed by atoms with Crippen LogP contribution in [0.3, 0.4) is 0 Å². The summed E-state index contributed by atoms with van der Waals surface area (Å²) in [6.45, 7) is 0. The highest BCUT2D eigenvalue weighted by molar-refractivity contribution is 7.99. The summed E-state index contributed by atoms with van der Waals surface area (Å²) in [6.07, 6.45) is 0. The van der Waals surface area contributed by atoms with Gasteiger partial charge in [-0.1, -0.05) is 17.8 Å². The highest BCUT2D eigenvalue weighted by Crippen LogP contribution is 2.31. The van der Waals surface area contributed by atoms with Gasteiger partial charge in [-0.05, 0) is 60.0 Å². The number of anilines is 1. The summed E-state index contributed by atoms with van der Waals surface area (Å²) in [6, 6.07) is 18.0. The molecule has 4 aromatic rings. The van der Waals surface area contributed by atoms with Crippen LogP contribution < -0.4 is 10.1 Å². The van der Waals surface area contributed by atoms with Gasteiger partial charge in [-0.15, -0.1) is 21.5 Å². The van der Waals surface area contributed by atoms with Crippen LogP contribution in [-0.2, 0) is 9.53 Å². The average molecular weight is 481 g/mol. The molecule has 2 aromatic carbocycles. The fourth-order valence-corrected chi connectivity index (χ4v) is 4.48. The fourth-order valence-electron chi connectivity index (χ4n) is 3.03. The number of rotatable bonds is 8. The molecule has 0 saturated heterocycles. The van der Waals surface area contributed by atoms with E-state index < -0.39 is 5.97 Å². The first-order valence-corrected chi connectivity index (χ1v) is 11.7. The minimum Gasteiger partial charge on any atom is -0.497 e. The van der Waals surface area contributed by atoms with Crippen LogP contribution in [0.25, 0.3) is 16.4 Å². The number of carbonyl (C=O) groups excluding carboxylic acids is 2. The van der Waals surface area contributed by atoms with Crippen molar-refractivity contribution in [3.63, 3.8) is 0 Å². The van der Waals surface area contributed by atoms with Gasteiger partial charge in [0.1, 0.15) is 5.75 Å². The average Bonchev–Trinajstić information content (AvgIpc) is 3.53. The van der Waals surface area contributed by atoms with Gasteiger partial charge in [-0.2, -0.15) is 0 Å². The number of aromatic nitrogens is 3. The lowest BCUT2D eigenvalue weighted by Gasteiger charge is -2.10. The lowest BCUT2D eigenvalue weighted by atomic mass is 10.2. The zero-order valence-electron chi connectivity index (χ0n) is 17.8. The molecular formula is C23H20N4O4S2. The van der Waals surface area contributed by atoms with E-state index in [2.05, 4.69) is 20.3 Å². The third-order valence-corrected chi connectivity index (χ3v) is 6.42. The smallest absolute Gasteiger partial charge is 0.337 e. The van der Waals surface area contributed by atoms with Gasteiger partial charge in [-0.25, -0.2) is 4.79 Å². The molecule has 0 aliphatic carbocycles. The first kappa shape index (κ1) is 22.6. The van der Waals surface area contributed by atoms with Crippen molar-refractivity contribution in [3.8, 4) is 22.1 Å². The van der Waals surface area contributed by atoms with Crippen molar-refractivity contribution >= 4 is 40.7 Å². The van der Waals surface area contributed by atoms with E-state index in [1.165, 1.54) is 18.9 Å². The molecule has 0 fully saturated rings. The van der Waals surface area contributed by atoms with E-state index in [0.717, 1.165) is 16.3 Å². The molecule has 1 N–H and O–H groups in total. The van der Waals surface area contributed by atoms with Crippen LogP contribution in [0, 0.1) is 0 Å². The topological polar surface area (TPSA) is 95.3 Å². The van der Waals surface area contributed by atoms with Crippen LogP contribution >= 0.6 is 23.1 Å². The second-order valence-electron chi connectivity index (χ2n) is 6.72. The Hall–Kier alpha value is -3.63. The molecular weight excluding hydrogens is 460 g/mol. The third kappa shape index (κ3) is 5.24. The number of nitrogens with one attached hydrogen (secondary N) is 1. The molecule has 0 bridgehead atoms. The molecule has 168 valence electrons. The summed E-state index contributed by atoms with van der Waals surface area (Å²) in [5.74, 6) is 0.959. The van der Waals surface area contributed by atoms with Gasteiger partial charge in [-0.3, -0.25) is 9.36 Å². The Bertz CT molecular complexity index is 1240. The normalized spacial score (nSPS) is 10.6. The molecule has 1 amide bonds. The zero-order chi connectivity index (χ0) is 23.2. The van der Waals surface area contributed by atoms with Crippen LogP contribution in [0.1, 0.15) is 10.4 Å². The van der Waals surface area contributed by atoms with Crippen LogP contribution in [0.2, 0.25) is 0 Å². The summed E-state index contributed by atoms with van der Waals surface area (Å²) in [5.41, 5.74) is 1.87. The van der Waals surface area contributed by atoms with E-state index in [1.54, 1.807) is 42.7 Å². The maximum Gasteiger partial charge on any atom is 0.337 e. The van der Waals surface area contributed by atoms with Gasteiger partial charge in [0.25, 0.3) is 0 Å². The van der Waals surface area contributed by atoms with Crippen LogP contribution in [0.15, 0.2) is 71.2 Å². The Labute approximate surface area is 198 Å². The van der Waals surface area contributed by atoms with Gasteiger partial charge in [0.2, 0.25) is 5.91 Å². The van der Waals surface area contributed by atoms with E-state index >= 15 is 0 Å². The number of nitrogens with zero attached hydrogens (tertiary/aromatic N) is 3. The molecule has 0 radical (unpaired) electrons. The molecule has 33 heavy (non-hydrogen) atoms. The Morgan fingerprint density at radius 1 is 1.03 bits per heavy atom. The minimum atomic E-state index is -0.428. The Morgan fingerprint density at radius 3 is 2.42 bits per heavy atom. The van der Waals surface area contributed by atoms with Gasteiger partial charge in [0.05, 0.1) is 36.1 Å². The van der Waals surface area contributed by atoms with Gasteiger partial charge < -0.3 is 14.8 Å². The van der Waals surface area contributed by atoms with Crippen LogP contribution in [0.4, 0.5) is 5.69 Å². The summed E-state index contributed by atoms with van der Waals surface area (Å²) in [7, 11) is 2.94. The Balaban J connectivity index is 1.50. The largest absolute Gasteiger partial charge is 0.497 e. The number of hydrogen-bond acceptors (Lipinski definition) is 8. The number of benzene rings is 2. The van der Waals surface area contributed by atoms with Crippen molar-refractivity contribution in [2.24, 2.45) is 0 Å². The summed E-state index contributed by atoms with van der Waals surface area (Å²) in [4.78, 5) is 25.0. The van der Waals surface area contributed by atoms with E-state index in [1.807, 2.05) is 46.3 Å². The summed E-state index contributed by atoms with van der Waals surface area (Å²) >= 11 is 2.85. The molecule has 0 spiro atoms. The molecule has 0 atom stereocenters. The van der Waals surface area contributed by atoms with E-state index in [0.29, 0.717) is 22.2 Å². The monoisotopic (exact) mass is 480 g/mol. The zero-order valence-corrected chi connectivity index (χ0v) is 19.5. The van der Waals surface area contributed by atoms with Gasteiger partial charge in [0.15, 0.2) is 11.0 Å². The predicted octanol–water partition coefficient (Wildman–Crippen LogP) is 4.52. The Morgan fingerprint density at radius 2 is 1.79 bits per heavy atom. The number of hydrogen-bond donors (Lipinski definition) is 1.